The number of rotatable bonds is 2. The summed E-state index contributed by atoms with van der Waals surface area (Å²) in [6.45, 7) is 19.3. The number of phenols is 1. The molecular weight excluding hydrogens is 372 g/mol. The summed E-state index contributed by atoms with van der Waals surface area (Å²) in [6, 6.07) is 3.99. The Morgan fingerprint density at radius 2 is 1.57 bits per heavy atom. The monoisotopic (exact) mass is 404 g/mol. The standard InChI is InChI=1S/C22H32N2O3S/c1-14-24(23-8-10-27-11-9-23)20(26)19(28-14)15-12-16(21(2,3)4)18(25)17(13-15)22(5,6)7/h12-13,19,25H,1,8-11H2,2-7H3. The largest absolute Gasteiger partial charge is 0.507 e. The molecule has 3 rings (SSSR count). The van der Waals surface area contributed by atoms with Gasteiger partial charge < -0.3 is 9.84 Å². The van der Waals surface area contributed by atoms with Crippen molar-refractivity contribution in [1.29, 1.82) is 0 Å². The van der Waals surface area contributed by atoms with Crippen LogP contribution in [0.2, 0.25) is 0 Å². The van der Waals surface area contributed by atoms with Crippen LogP contribution in [-0.2, 0) is 20.4 Å². The molecule has 5 nitrogen and oxygen atoms in total. The summed E-state index contributed by atoms with van der Waals surface area (Å²) >= 11 is 1.49. The molecule has 6 heteroatoms. The van der Waals surface area contributed by atoms with Crippen molar-refractivity contribution in [3.63, 3.8) is 0 Å². The molecule has 1 aromatic carbocycles. The third-order valence-electron chi connectivity index (χ3n) is 5.24. The summed E-state index contributed by atoms with van der Waals surface area (Å²) in [4.78, 5) is 13.3. The van der Waals surface area contributed by atoms with Crippen LogP contribution in [0.1, 0.15) is 63.5 Å². The third kappa shape index (κ3) is 3.95. The molecule has 2 heterocycles. The minimum absolute atomic E-state index is 0.0299. The van der Waals surface area contributed by atoms with Crippen LogP contribution in [0.4, 0.5) is 0 Å². The lowest BCUT2D eigenvalue weighted by Crippen LogP contribution is -2.48. The van der Waals surface area contributed by atoms with Crippen molar-refractivity contribution in [3.8, 4) is 5.75 Å². The number of benzene rings is 1. The summed E-state index contributed by atoms with van der Waals surface area (Å²) in [5.74, 6) is 0.366. The van der Waals surface area contributed by atoms with E-state index in [1.54, 1.807) is 5.01 Å². The molecule has 154 valence electrons. The Hall–Kier alpha value is -1.50. The van der Waals surface area contributed by atoms with Crippen LogP contribution in [0.3, 0.4) is 0 Å². The highest BCUT2D eigenvalue weighted by Crippen LogP contribution is 2.48. The van der Waals surface area contributed by atoms with Crippen LogP contribution in [0, 0.1) is 0 Å². The Kier molecular flexibility index (Phi) is 5.60. The topological polar surface area (TPSA) is 53.0 Å². The number of amides is 1. The molecule has 0 aromatic heterocycles. The van der Waals surface area contributed by atoms with Crippen molar-refractivity contribution in [2.24, 2.45) is 0 Å². The fourth-order valence-corrected chi connectivity index (χ4v) is 4.73. The average Bonchev–Trinajstić information content (AvgIpc) is 2.88. The fraction of sp³-hybridized carbons (Fsp3) is 0.591. The zero-order valence-corrected chi connectivity index (χ0v) is 18.7. The maximum absolute atomic E-state index is 13.3. The third-order valence-corrected chi connectivity index (χ3v) is 6.40. The van der Waals surface area contributed by atoms with E-state index in [9.17, 15) is 9.90 Å². The van der Waals surface area contributed by atoms with Crippen LogP contribution in [0.25, 0.3) is 0 Å². The maximum Gasteiger partial charge on any atom is 0.260 e. The molecular formula is C22H32N2O3S. The van der Waals surface area contributed by atoms with E-state index in [4.69, 9.17) is 4.74 Å². The van der Waals surface area contributed by atoms with Gasteiger partial charge in [-0.1, -0.05) is 59.9 Å². The Morgan fingerprint density at radius 1 is 1.07 bits per heavy atom. The zero-order chi connectivity index (χ0) is 20.9. The Balaban J connectivity index is 2.03. The fourth-order valence-electron chi connectivity index (χ4n) is 3.68. The Labute approximate surface area is 172 Å². The second-order valence-corrected chi connectivity index (χ2v) is 10.8. The molecule has 0 bridgehead atoms. The van der Waals surface area contributed by atoms with Gasteiger partial charge in [0, 0.05) is 13.1 Å². The summed E-state index contributed by atoms with van der Waals surface area (Å²) < 4.78 is 5.42. The molecule has 2 aliphatic rings. The SMILES string of the molecule is C=C1SC(c2cc(C(C)(C)C)c(O)c(C(C)(C)C)c2)C(=O)N1N1CCOCC1. The first-order chi connectivity index (χ1) is 12.9. The molecule has 1 N–H and O–H groups in total. The number of hydrogen-bond donors (Lipinski definition) is 1. The van der Waals surface area contributed by atoms with Crippen molar-refractivity contribution >= 4 is 17.7 Å². The first kappa shape index (κ1) is 21.2. The van der Waals surface area contributed by atoms with Gasteiger partial charge in [-0.2, -0.15) is 0 Å². The number of hydrogen-bond acceptors (Lipinski definition) is 5. The molecule has 2 saturated heterocycles. The predicted octanol–water partition coefficient (Wildman–Crippen LogP) is 4.32. The van der Waals surface area contributed by atoms with E-state index in [0.717, 1.165) is 21.7 Å². The first-order valence-electron chi connectivity index (χ1n) is 9.81. The van der Waals surface area contributed by atoms with Gasteiger partial charge in [0.2, 0.25) is 0 Å². The number of carbonyl (C=O) groups excluding carboxylic acids is 1. The van der Waals surface area contributed by atoms with Gasteiger partial charge in [-0.3, -0.25) is 4.79 Å². The second kappa shape index (κ2) is 7.39. The van der Waals surface area contributed by atoms with Crippen LogP contribution >= 0.6 is 11.8 Å². The van der Waals surface area contributed by atoms with Crippen LogP contribution in [0.5, 0.6) is 5.75 Å². The predicted molar refractivity (Wildman–Crippen MR) is 114 cm³/mol. The van der Waals surface area contributed by atoms with Gasteiger partial charge in [-0.25, -0.2) is 10.0 Å². The van der Waals surface area contributed by atoms with E-state index >= 15 is 0 Å². The quantitative estimate of drug-likeness (QED) is 0.795. The highest BCUT2D eigenvalue weighted by molar-refractivity contribution is 8.04. The number of hydrazine groups is 1. The molecule has 1 unspecified atom stereocenters. The van der Waals surface area contributed by atoms with E-state index in [0.29, 0.717) is 32.1 Å². The molecule has 2 fully saturated rings. The lowest BCUT2D eigenvalue weighted by molar-refractivity contribution is -0.147. The van der Waals surface area contributed by atoms with Crippen molar-refractivity contribution in [2.45, 2.75) is 57.6 Å². The highest BCUT2D eigenvalue weighted by atomic mass is 32.2. The number of carbonyl (C=O) groups is 1. The molecule has 1 amide bonds. The molecule has 0 radical (unpaired) electrons. The molecule has 0 spiro atoms. The lowest BCUT2D eigenvalue weighted by atomic mass is 9.78. The van der Waals surface area contributed by atoms with Gasteiger partial charge in [0.1, 0.15) is 11.0 Å². The Morgan fingerprint density at radius 3 is 2.04 bits per heavy atom. The van der Waals surface area contributed by atoms with Gasteiger partial charge in [-0.05, 0) is 39.7 Å². The maximum atomic E-state index is 13.3. The number of ether oxygens (including phenoxy) is 1. The first-order valence-corrected chi connectivity index (χ1v) is 10.7. The van der Waals surface area contributed by atoms with E-state index in [1.807, 2.05) is 17.1 Å². The van der Waals surface area contributed by atoms with Crippen molar-refractivity contribution in [3.05, 3.63) is 40.4 Å². The average molecular weight is 405 g/mol. The van der Waals surface area contributed by atoms with Gasteiger partial charge in [-0.15, -0.1) is 0 Å². The number of aromatic hydroxyl groups is 1. The number of phenolic OH excluding ortho intramolecular Hbond substituents is 1. The Bertz CT molecular complexity index is 751. The minimum atomic E-state index is -0.349. The number of morpholine rings is 1. The second-order valence-electron chi connectivity index (χ2n) is 9.57. The van der Waals surface area contributed by atoms with Gasteiger partial charge in [0.15, 0.2) is 0 Å². The highest BCUT2D eigenvalue weighted by Gasteiger charge is 2.41. The van der Waals surface area contributed by atoms with E-state index in [1.165, 1.54) is 11.8 Å². The van der Waals surface area contributed by atoms with Gasteiger partial charge >= 0.3 is 0 Å². The lowest BCUT2D eigenvalue weighted by Gasteiger charge is -2.34. The number of nitrogens with zero attached hydrogens (tertiary/aromatic N) is 2. The molecule has 1 aromatic rings. The van der Waals surface area contributed by atoms with Gasteiger partial charge in [0.05, 0.1) is 18.2 Å². The number of thioether (sulfide) groups is 1. The molecule has 1 atom stereocenters. The molecule has 0 aliphatic carbocycles. The summed E-state index contributed by atoms with van der Waals surface area (Å²) in [6.07, 6.45) is 0. The van der Waals surface area contributed by atoms with E-state index in [-0.39, 0.29) is 22.0 Å². The summed E-state index contributed by atoms with van der Waals surface area (Å²) in [7, 11) is 0. The summed E-state index contributed by atoms with van der Waals surface area (Å²) in [5.41, 5.74) is 2.22. The molecule has 28 heavy (non-hydrogen) atoms. The van der Waals surface area contributed by atoms with Gasteiger partial charge in [0.25, 0.3) is 5.91 Å². The van der Waals surface area contributed by atoms with Crippen molar-refractivity contribution < 1.29 is 14.6 Å². The van der Waals surface area contributed by atoms with E-state index < -0.39 is 0 Å². The van der Waals surface area contributed by atoms with Crippen LogP contribution in [0.15, 0.2) is 23.7 Å². The normalized spacial score (nSPS) is 22.2. The smallest absolute Gasteiger partial charge is 0.260 e. The van der Waals surface area contributed by atoms with Crippen LogP contribution < -0.4 is 0 Å². The van der Waals surface area contributed by atoms with Crippen LogP contribution in [-0.4, -0.2) is 47.3 Å². The zero-order valence-electron chi connectivity index (χ0n) is 17.8. The molecule has 0 saturated carbocycles. The van der Waals surface area contributed by atoms with Crippen molar-refractivity contribution in [1.82, 2.24) is 10.0 Å². The van der Waals surface area contributed by atoms with Crippen molar-refractivity contribution in [2.75, 3.05) is 26.3 Å². The molecule has 2 aliphatic heterocycles. The van der Waals surface area contributed by atoms with E-state index in [2.05, 4.69) is 48.1 Å². The summed E-state index contributed by atoms with van der Waals surface area (Å²) in [5, 5.41) is 15.1. The minimum Gasteiger partial charge on any atom is -0.507 e.